The molecule has 0 saturated heterocycles. The van der Waals surface area contributed by atoms with Gasteiger partial charge in [0.1, 0.15) is 23.1 Å². The van der Waals surface area contributed by atoms with E-state index in [1.807, 2.05) is 22.3 Å². The van der Waals surface area contributed by atoms with Crippen molar-refractivity contribution in [3.05, 3.63) is 109 Å². The van der Waals surface area contributed by atoms with E-state index in [0.29, 0.717) is 45.6 Å². The smallest absolute Gasteiger partial charge is 0.331 e. The molecule has 0 amide bonds. The highest BCUT2D eigenvalue weighted by molar-refractivity contribution is 7.99. The highest BCUT2D eigenvalue weighted by atomic mass is 32.2. The van der Waals surface area contributed by atoms with Crippen molar-refractivity contribution in [2.24, 2.45) is 11.8 Å². The van der Waals surface area contributed by atoms with Crippen molar-refractivity contribution in [2.75, 3.05) is 46.9 Å². The lowest BCUT2D eigenvalue weighted by Crippen LogP contribution is -2.26. The van der Waals surface area contributed by atoms with Crippen molar-refractivity contribution in [2.45, 2.75) is 72.0 Å². The highest BCUT2D eigenvalue weighted by Gasteiger charge is 2.35. The van der Waals surface area contributed by atoms with Gasteiger partial charge in [0, 0.05) is 36.6 Å². The Labute approximate surface area is 382 Å². The largest absolute Gasteiger partial charge is 0.478 e. The number of rotatable bonds is 16. The standard InChI is InChI=1S/2C23H26FNO5S2/c2*1-3-4-5-16-14-25(18-8-6-17(24)7-9-18)19-12-21(31-2)20(30-11-10-23(26)27)13-22(19)32(28,29)15-16/h2*6-13,16H,3-5,14-15H2,1-2H3,(H,26,27)/b2*11-10+/t2*16-/m10/s1. The van der Waals surface area contributed by atoms with Crippen LogP contribution in [0.25, 0.3) is 0 Å². The van der Waals surface area contributed by atoms with Crippen LogP contribution in [0.5, 0.6) is 11.5 Å². The van der Waals surface area contributed by atoms with Gasteiger partial charge in [0.25, 0.3) is 0 Å². The van der Waals surface area contributed by atoms with E-state index in [2.05, 4.69) is 13.8 Å². The summed E-state index contributed by atoms with van der Waals surface area (Å²) >= 11 is 2.72. The van der Waals surface area contributed by atoms with Crippen LogP contribution >= 0.6 is 23.5 Å². The fraction of sp³-hybridized carbons (Fsp3) is 0.348. The van der Waals surface area contributed by atoms with Crippen LogP contribution in [0.2, 0.25) is 0 Å². The van der Waals surface area contributed by atoms with Crippen LogP contribution in [0.1, 0.15) is 52.4 Å². The van der Waals surface area contributed by atoms with Gasteiger partial charge in [-0.3, -0.25) is 0 Å². The molecule has 0 aromatic heterocycles. The second-order valence-electron chi connectivity index (χ2n) is 15.2. The predicted molar refractivity (Wildman–Crippen MR) is 248 cm³/mol. The van der Waals surface area contributed by atoms with Gasteiger partial charge in [-0.1, -0.05) is 39.5 Å². The van der Waals surface area contributed by atoms with E-state index in [0.717, 1.165) is 63.2 Å². The average Bonchev–Trinajstić information content (AvgIpc) is 3.43. The van der Waals surface area contributed by atoms with Gasteiger partial charge in [0.05, 0.1) is 67.1 Å². The van der Waals surface area contributed by atoms with E-state index >= 15 is 0 Å². The van der Waals surface area contributed by atoms with Crippen LogP contribution in [0.3, 0.4) is 0 Å². The summed E-state index contributed by atoms with van der Waals surface area (Å²) in [7, 11) is -7.28. The number of carbonyl (C=O) groups is 2. The minimum Gasteiger partial charge on any atom is -0.478 e. The molecular weight excluding hydrogens is 907 g/mol. The molecule has 0 radical (unpaired) electrons. The van der Waals surface area contributed by atoms with Gasteiger partial charge >= 0.3 is 11.9 Å². The van der Waals surface area contributed by atoms with E-state index in [4.69, 9.17) is 19.7 Å². The molecule has 2 aliphatic heterocycles. The fourth-order valence-corrected chi connectivity index (χ4v) is 12.3. The molecule has 0 spiro atoms. The Morgan fingerprint density at radius 3 is 1.33 bits per heavy atom. The summed E-state index contributed by atoms with van der Waals surface area (Å²) in [5.74, 6) is -2.71. The lowest BCUT2D eigenvalue weighted by molar-refractivity contribution is -0.132. The Morgan fingerprint density at radius 2 is 1.02 bits per heavy atom. The lowest BCUT2D eigenvalue weighted by atomic mass is 10.0. The summed E-state index contributed by atoms with van der Waals surface area (Å²) in [5, 5.41) is 17.6. The summed E-state index contributed by atoms with van der Waals surface area (Å²) in [5.41, 5.74) is 2.43. The molecule has 0 fully saturated rings. The second kappa shape index (κ2) is 22.7. The van der Waals surface area contributed by atoms with E-state index < -0.39 is 31.6 Å². The van der Waals surface area contributed by atoms with Crippen LogP contribution in [-0.4, -0.2) is 76.1 Å². The van der Waals surface area contributed by atoms with Crippen LogP contribution < -0.4 is 19.3 Å². The molecule has 0 saturated carbocycles. The Morgan fingerprint density at radius 1 is 0.656 bits per heavy atom. The van der Waals surface area contributed by atoms with Crippen LogP contribution in [-0.2, 0) is 29.3 Å². The summed E-state index contributed by atoms with van der Waals surface area (Å²) in [6, 6.07) is 18.4. The maximum Gasteiger partial charge on any atom is 0.331 e. The molecule has 2 N–H and O–H groups in total. The molecular formula is C46H52F2N2O10S4. The minimum absolute atomic E-state index is 0.000709. The van der Waals surface area contributed by atoms with Crippen molar-refractivity contribution in [3.8, 4) is 11.5 Å². The molecule has 64 heavy (non-hydrogen) atoms. The fourth-order valence-electron chi connectivity index (χ4n) is 7.50. The number of ether oxygens (including phenoxy) is 2. The monoisotopic (exact) mass is 958 g/mol. The van der Waals surface area contributed by atoms with Gasteiger partial charge in [-0.05, 0) is 97.9 Å². The molecule has 2 heterocycles. The second-order valence-corrected chi connectivity index (χ2v) is 20.9. The summed E-state index contributed by atoms with van der Waals surface area (Å²) < 4.78 is 91.5. The number of carboxylic acid groups (broad SMARTS) is 2. The molecule has 2 atom stereocenters. The Kier molecular flexibility index (Phi) is 17.7. The lowest BCUT2D eigenvalue weighted by Gasteiger charge is -2.28. The van der Waals surface area contributed by atoms with E-state index in [1.165, 1.54) is 59.9 Å². The molecule has 4 aromatic rings. The maximum absolute atomic E-state index is 13.6. The van der Waals surface area contributed by atoms with E-state index in [1.54, 1.807) is 36.4 Å². The number of sulfone groups is 2. The molecule has 4 aromatic carbocycles. The molecule has 344 valence electrons. The number of benzene rings is 4. The van der Waals surface area contributed by atoms with E-state index in [-0.39, 0.29) is 56.3 Å². The first-order chi connectivity index (χ1) is 30.5. The number of hydrogen-bond acceptors (Lipinski definition) is 12. The molecule has 0 bridgehead atoms. The molecule has 18 heteroatoms. The highest BCUT2D eigenvalue weighted by Crippen LogP contribution is 2.45. The zero-order valence-corrected chi connectivity index (χ0v) is 39.2. The SMILES string of the molecule is CCCC[C@@H]1CN(c2ccc(F)cc2)c2cc(SC)c(O/C=C/C(=O)O)cc2S(=O)(=O)C1.CCCC[C@H]1CN(c2ccc(F)cc2)c2cc(SC)c(O/C=C/C(=O)O)cc2S(=O)(=O)C1. The average molecular weight is 959 g/mol. The zero-order valence-electron chi connectivity index (χ0n) is 35.9. The summed E-state index contributed by atoms with van der Waals surface area (Å²) in [6.45, 7) is 5.11. The van der Waals surface area contributed by atoms with Crippen molar-refractivity contribution in [1.29, 1.82) is 0 Å². The first-order valence-electron chi connectivity index (χ1n) is 20.6. The first-order valence-corrected chi connectivity index (χ1v) is 26.3. The maximum atomic E-state index is 13.6. The minimum atomic E-state index is -3.64. The van der Waals surface area contributed by atoms with E-state index in [9.17, 15) is 35.2 Å². The van der Waals surface area contributed by atoms with Gasteiger partial charge in [-0.25, -0.2) is 35.2 Å². The topological polar surface area (TPSA) is 168 Å². The Hall–Kier alpha value is -5.04. The van der Waals surface area contributed by atoms with Gasteiger partial charge in [0.2, 0.25) is 0 Å². The molecule has 6 rings (SSSR count). The van der Waals surface area contributed by atoms with Crippen molar-refractivity contribution < 1.29 is 54.9 Å². The van der Waals surface area contributed by atoms with Crippen LogP contribution in [0, 0.1) is 23.5 Å². The third-order valence-electron chi connectivity index (χ3n) is 10.6. The number of unbranched alkanes of at least 4 members (excludes halogenated alkanes) is 2. The third kappa shape index (κ3) is 13.0. The molecule has 0 aliphatic carbocycles. The first kappa shape index (κ1) is 50.0. The number of fused-ring (bicyclic) bond motifs is 2. The number of hydrogen-bond donors (Lipinski definition) is 2. The molecule has 2 aliphatic rings. The Balaban J connectivity index is 0.000000241. The number of aliphatic carboxylic acids is 2. The predicted octanol–water partition coefficient (Wildman–Crippen LogP) is 10.5. The number of thioether (sulfide) groups is 2. The van der Waals surface area contributed by atoms with Crippen molar-refractivity contribution in [3.63, 3.8) is 0 Å². The number of carboxylic acids is 2. The Bertz CT molecular complexity index is 2380. The van der Waals surface area contributed by atoms with Crippen molar-refractivity contribution >= 4 is 77.9 Å². The quantitative estimate of drug-likeness (QED) is 0.0618. The van der Waals surface area contributed by atoms with Gasteiger partial charge in [-0.15, -0.1) is 23.5 Å². The van der Waals surface area contributed by atoms with Crippen LogP contribution in [0.15, 0.2) is 117 Å². The molecule has 0 unspecified atom stereocenters. The van der Waals surface area contributed by atoms with Gasteiger partial charge in [0.15, 0.2) is 19.7 Å². The number of nitrogens with zero attached hydrogens (tertiary/aromatic N) is 2. The van der Waals surface area contributed by atoms with Crippen molar-refractivity contribution in [1.82, 2.24) is 0 Å². The van der Waals surface area contributed by atoms with Gasteiger partial charge in [-0.2, -0.15) is 0 Å². The number of anilines is 4. The molecule has 12 nitrogen and oxygen atoms in total. The third-order valence-corrected chi connectivity index (χ3v) is 15.9. The summed E-state index contributed by atoms with van der Waals surface area (Å²) in [4.78, 5) is 27.0. The zero-order chi connectivity index (χ0) is 46.6. The normalized spacial score (nSPS) is 17.7. The number of halogens is 2. The van der Waals surface area contributed by atoms with Gasteiger partial charge < -0.3 is 29.5 Å². The summed E-state index contributed by atoms with van der Waals surface area (Å²) in [6.07, 6.45) is 12.7. The van der Waals surface area contributed by atoms with Crippen LogP contribution in [0.4, 0.5) is 31.5 Å².